The van der Waals surface area contributed by atoms with Gasteiger partial charge in [-0.05, 0) is 31.5 Å². The second kappa shape index (κ2) is 4.26. The first kappa shape index (κ1) is 12.3. The number of fused-ring (bicyclic) bond motifs is 3. The third-order valence-corrected chi connectivity index (χ3v) is 4.77. The predicted molar refractivity (Wildman–Crippen MR) is 82.7 cm³/mol. The fourth-order valence-electron chi connectivity index (χ4n) is 2.42. The van der Waals surface area contributed by atoms with E-state index in [1.165, 1.54) is 10.4 Å². The normalized spacial score (nSPS) is 11.5. The molecule has 4 aromatic rings. The van der Waals surface area contributed by atoms with Crippen LogP contribution in [0.15, 0.2) is 30.6 Å². The summed E-state index contributed by atoms with van der Waals surface area (Å²) in [5.74, 6) is 0.682. The molecule has 104 valence electrons. The molecule has 0 aliphatic carbocycles. The molecule has 3 heterocycles. The molecule has 0 unspecified atom stereocenters. The number of phenols is 1. The molecular weight excluding hydrogens is 284 g/mol. The molecular formula is C15H12N4OS. The van der Waals surface area contributed by atoms with Gasteiger partial charge in [0.1, 0.15) is 16.9 Å². The zero-order valence-electron chi connectivity index (χ0n) is 11.5. The van der Waals surface area contributed by atoms with Crippen molar-refractivity contribution >= 4 is 27.2 Å². The lowest BCUT2D eigenvalue weighted by molar-refractivity contribution is 0.477. The van der Waals surface area contributed by atoms with E-state index in [2.05, 4.69) is 28.9 Å². The highest BCUT2D eigenvalue weighted by Gasteiger charge is 2.16. The summed E-state index contributed by atoms with van der Waals surface area (Å²) in [5.41, 5.74) is 2.59. The molecule has 0 saturated heterocycles. The van der Waals surface area contributed by atoms with Crippen LogP contribution in [0.25, 0.3) is 27.3 Å². The van der Waals surface area contributed by atoms with Gasteiger partial charge < -0.3 is 5.11 Å². The molecule has 21 heavy (non-hydrogen) atoms. The monoisotopic (exact) mass is 296 g/mol. The Morgan fingerprint density at radius 3 is 2.81 bits per heavy atom. The van der Waals surface area contributed by atoms with E-state index in [9.17, 15) is 5.11 Å². The van der Waals surface area contributed by atoms with Crippen LogP contribution in [0.2, 0.25) is 0 Å². The Morgan fingerprint density at radius 1 is 1.19 bits per heavy atom. The number of rotatable bonds is 1. The highest BCUT2D eigenvalue weighted by Crippen LogP contribution is 2.32. The molecule has 0 aliphatic heterocycles. The Morgan fingerprint density at radius 2 is 2.00 bits per heavy atom. The second-order valence-electron chi connectivity index (χ2n) is 4.93. The third-order valence-electron chi connectivity index (χ3n) is 3.65. The first-order chi connectivity index (χ1) is 10.1. The zero-order chi connectivity index (χ0) is 14.6. The highest BCUT2D eigenvalue weighted by atomic mass is 32.1. The number of aryl methyl sites for hydroxylation is 2. The molecule has 0 saturated carbocycles. The molecule has 3 aromatic heterocycles. The first-order valence-corrected chi connectivity index (χ1v) is 7.36. The maximum atomic E-state index is 9.96. The highest BCUT2D eigenvalue weighted by molar-refractivity contribution is 7.18. The number of aromatic hydroxyl groups is 1. The van der Waals surface area contributed by atoms with Gasteiger partial charge in [0, 0.05) is 4.88 Å². The minimum absolute atomic E-state index is 0.177. The molecule has 1 N–H and O–H groups in total. The molecule has 0 aliphatic rings. The van der Waals surface area contributed by atoms with E-state index in [-0.39, 0.29) is 5.75 Å². The van der Waals surface area contributed by atoms with Gasteiger partial charge in [0.25, 0.3) is 0 Å². The van der Waals surface area contributed by atoms with Gasteiger partial charge in [0.2, 0.25) is 0 Å². The molecule has 5 nitrogen and oxygen atoms in total. The summed E-state index contributed by atoms with van der Waals surface area (Å²) in [4.78, 5) is 11.2. The molecule has 0 fully saturated rings. The fraction of sp³-hybridized carbons (Fsp3) is 0.133. The van der Waals surface area contributed by atoms with Crippen LogP contribution in [-0.2, 0) is 0 Å². The summed E-state index contributed by atoms with van der Waals surface area (Å²) in [6, 6.07) is 7.07. The van der Waals surface area contributed by atoms with Crippen molar-refractivity contribution < 1.29 is 5.11 Å². The maximum Gasteiger partial charge on any atom is 0.185 e. The van der Waals surface area contributed by atoms with E-state index in [0.29, 0.717) is 11.4 Å². The molecule has 1 aromatic carbocycles. The third kappa shape index (κ3) is 1.72. The largest absolute Gasteiger partial charge is 0.507 e. The van der Waals surface area contributed by atoms with Crippen LogP contribution in [0.3, 0.4) is 0 Å². The van der Waals surface area contributed by atoms with E-state index >= 15 is 0 Å². The van der Waals surface area contributed by atoms with Crippen molar-refractivity contribution in [2.75, 3.05) is 0 Å². The summed E-state index contributed by atoms with van der Waals surface area (Å²) in [5, 5.41) is 15.4. The average molecular weight is 296 g/mol. The molecule has 0 radical (unpaired) electrons. The predicted octanol–water partition coefficient (Wildman–Crippen LogP) is 3.33. The smallest absolute Gasteiger partial charge is 0.185 e. The summed E-state index contributed by atoms with van der Waals surface area (Å²) in [6.07, 6.45) is 1.67. The van der Waals surface area contributed by atoms with Gasteiger partial charge in [-0.25, -0.2) is 14.5 Å². The van der Waals surface area contributed by atoms with Crippen LogP contribution in [0, 0.1) is 13.8 Å². The molecule has 4 rings (SSSR count). The van der Waals surface area contributed by atoms with Gasteiger partial charge in [-0.2, -0.15) is 0 Å². The Bertz CT molecular complexity index is 986. The number of para-hydroxylation sites is 1. The Balaban J connectivity index is 2.07. The Kier molecular flexibility index (Phi) is 2.49. The minimum Gasteiger partial charge on any atom is -0.507 e. The van der Waals surface area contributed by atoms with E-state index < -0.39 is 0 Å². The van der Waals surface area contributed by atoms with Gasteiger partial charge in [-0.1, -0.05) is 12.1 Å². The standard InChI is InChI=1S/C15H12N4OS/c1-8-9(2)21-15-12(8)14-17-13(18-19(14)7-16-15)10-5-3-4-6-11(10)20/h3-7,20H,1-2H3. The number of hydrogen-bond donors (Lipinski definition) is 1. The minimum atomic E-state index is 0.177. The molecule has 0 bridgehead atoms. The molecule has 0 spiro atoms. The first-order valence-electron chi connectivity index (χ1n) is 6.54. The van der Waals surface area contributed by atoms with Crippen molar-refractivity contribution in [1.82, 2.24) is 19.6 Å². The van der Waals surface area contributed by atoms with Gasteiger partial charge in [-0.15, -0.1) is 16.4 Å². The Labute approximate surface area is 124 Å². The lowest BCUT2D eigenvalue weighted by Crippen LogP contribution is -1.90. The van der Waals surface area contributed by atoms with Crippen LogP contribution in [0.5, 0.6) is 5.75 Å². The van der Waals surface area contributed by atoms with Crippen molar-refractivity contribution in [2.45, 2.75) is 13.8 Å². The van der Waals surface area contributed by atoms with Crippen LogP contribution in [-0.4, -0.2) is 24.7 Å². The Hall–Kier alpha value is -2.47. The van der Waals surface area contributed by atoms with Gasteiger partial charge >= 0.3 is 0 Å². The SMILES string of the molecule is Cc1sc2ncn3nc(-c4ccccc4O)nc3c2c1C. The lowest BCUT2D eigenvalue weighted by atomic mass is 10.2. The van der Waals surface area contributed by atoms with Crippen molar-refractivity contribution in [3.8, 4) is 17.1 Å². The van der Waals surface area contributed by atoms with Crippen LogP contribution < -0.4 is 0 Å². The number of nitrogens with zero attached hydrogens (tertiary/aromatic N) is 4. The average Bonchev–Trinajstić information content (AvgIpc) is 3.01. The number of benzene rings is 1. The number of hydrogen-bond acceptors (Lipinski definition) is 5. The topological polar surface area (TPSA) is 63.3 Å². The van der Waals surface area contributed by atoms with Crippen LogP contribution in [0.4, 0.5) is 0 Å². The van der Waals surface area contributed by atoms with Crippen molar-refractivity contribution in [2.24, 2.45) is 0 Å². The number of thiophene rings is 1. The van der Waals surface area contributed by atoms with Gasteiger partial charge in [0.05, 0.1) is 10.9 Å². The van der Waals surface area contributed by atoms with E-state index in [0.717, 1.165) is 15.9 Å². The van der Waals surface area contributed by atoms with E-state index in [1.54, 1.807) is 40.4 Å². The molecule has 0 amide bonds. The lowest BCUT2D eigenvalue weighted by Gasteiger charge is -1.97. The summed E-state index contributed by atoms with van der Waals surface area (Å²) >= 11 is 1.66. The van der Waals surface area contributed by atoms with Gasteiger partial charge in [0.15, 0.2) is 11.5 Å². The number of phenolic OH excluding ortho intramolecular Hbond substituents is 1. The zero-order valence-corrected chi connectivity index (χ0v) is 12.3. The summed E-state index contributed by atoms with van der Waals surface area (Å²) in [6.45, 7) is 4.16. The fourth-order valence-corrected chi connectivity index (χ4v) is 3.41. The molecule has 0 atom stereocenters. The maximum absolute atomic E-state index is 9.96. The van der Waals surface area contributed by atoms with Crippen molar-refractivity contribution in [1.29, 1.82) is 0 Å². The number of aromatic nitrogens is 4. The van der Waals surface area contributed by atoms with Crippen molar-refractivity contribution in [3.63, 3.8) is 0 Å². The van der Waals surface area contributed by atoms with E-state index in [1.807, 2.05) is 6.07 Å². The van der Waals surface area contributed by atoms with Crippen LogP contribution >= 0.6 is 11.3 Å². The quantitative estimate of drug-likeness (QED) is 0.585. The summed E-state index contributed by atoms with van der Waals surface area (Å²) < 4.78 is 1.67. The van der Waals surface area contributed by atoms with Crippen LogP contribution in [0.1, 0.15) is 10.4 Å². The van der Waals surface area contributed by atoms with E-state index in [4.69, 9.17) is 0 Å². The second-order valence-corrected chi connectivity index (χ2v) is 6.13. The molecule has 6 heteroatoms. The summed E-state index contributed by atoms with van der Waals surface area (Å²) in [7, 11) is 0. The van der Waals surface area contributed by atoms with Gasteiger partial charge in [-0.3, -0.25) is 0 Å². The van der Waals surface area contributed by atoms with Crippen molar-refractivity contribution in [3.05, 3.63) is 41.0 Å².